The standard InChI is InChI=1S/C17H21N5O/c1-3-17(4-2,11-23)21-15-14-10-20-22(16(14)19-12-18-15)13-8-6-5-7-9-13/h5-10,12,23H,3-4,11H2,1-2H3,(H,18,19,21). The molecule has 0 atom stereocenters. The third-order valence-corrected chi connectivity index (χ3v) is 4.41. The van der Waals surface area contributed by atoms with E-state index in [-0.39, 0.29) is 12.1 Å². The average molecular weight is 311 g/mol. The molecule has 3 aromatic rings. The molecule has 0 spiro atoms. The first-order valence-corrected chi connectivity index (χ1v) is 7.86. The quantitative estimate of drug-likeness (QED) is 0.732. The number of anilines is 1. The van der Waals surface area contributed by atoms with Crippen LogP contribution in [0.2, 0.25) is 0 Å². The normalized spacial score (nSPS) is 11.8. The number of nitrogens with zero attached hydrogens (tertiary/aromatic N) is 4. The van der Waals surface area contributed by atoms with Crippen LogP contribution >= 0.6 is 0 Å². The highest BCUT2D eigenvalue weighted by molar-refractivity contribution is 5.87. The van der Waals surface area contributed by atoms with Crippen LogP contribution in [0.25, 0.3) is 16.7 Å². The van der Waals surface area contributed by atoms with Crippen LogP contribution < -0.4 is 5.32 Å². The number of rotatable bonds is 6. The Bertz CT molecular complexity index is 772. The van der Waals surface area contributed by atoms with E-state index in [1.165, 1.54) is 6.33 Å². The lowest BCUT2D eigenvalue weighted by Crippen LogP contribution is -2.41. The molecule has 0 fully saturated rings. The minimum atomic E-state index is -0.379. The van der Waals surface area contributed by atoms with E-state index in [4.69, 9.17) is 0 Å². The van der Waals surface area contributed by atoms with E-state index in [0.717, 1.165) is 29.6 Å². The Morgan fingerprint density at radius 1 is 1.13 bits per heavy atom. The van der Waals surface area contributed by atoms with Crippen molar-refractivity contribution >= 4 is 16.9 Å². The highest BCUT2D eigenvalue weighted by Gasteiger charge is 2.26. The van der Waals surface area contributed by atoms with Gasteiger partial charge in [-0.25, -0.2) is 14.6 Å². The lowest BCUT2D eigenvalue weighted by molar-refractivity contribution is 0.202. The third-order valence-electron chi connectivity index (χ3n) is 4.41. The second-order valence-corrected chi connectivity index (χ2v) is 5.62. The van der Waals surface area contributed by atoms with Gasteiger partial charge in [-0.2, -0.15) is 5.10 Å². The second kappa shape index (κ2) is 6.34. The molecule has 0 aliphatic carbocycles. The molecule has 0 saturated heterocycles. The predicted molar refractivity (Wildman–Crippen MR) is 90.7 cm³/mol. The molecule has 0 unspecified atom stereocenters. The van der Waals surface area contributed by atoms with E-state index in [2.05, 4.69) is 34.2 Å². The van der Waals surface area contributed by atoms with Crippen LogP contribution in [0.1, 0.15) is 26.7 Å². The Balaban J connectivity index is 2.06. The summed E-state index contributed by atoms with van der Waals surface area (Å²) in [6, 6.07) is 9.87. The van der Waals surface area contributed by atoms with Crippen LogP contribution in [0.4, 0.5) is 5.82 Å². The number of nitrogens with one attached hydrogen (secondary N) is 1. The maximum absolute atomic E-state index is 9.77. The van der Waals surface area contributed by atoms with Crippen LogP contribution in [0.3, 0.4) is 0 Å². The first kappa shape index (κ1) is 15.4. The highest BCUT2D eigenvalue weighted by Crippen LogP contribution is 2.26. The number of hydrogen-bond acceptors (Lipinski definition) is 5. The van der Waals surface area contributed by atoms with Crippen LogP contribution in [-0.2, 0) is 0 Å². The van der Waals surface area contributed by atoms with E-state index in [9.17, 15) is 5.11 Å². The van der Waals surface area contributed by atoms with Gasteiger partial charge < -0.3 is 10.4 Å². The van der Waals surface area contributed by atoms with E-state index in [0.29, 0.717) is 5.82 Å². The first-order valence-electron chi connectivity index (χ1n) is 7.86. The average Bonchev–Trinajstić information content (AvgIpc) is 3.05. The van der Waals surface area contributed by atoms with Gasteiger partial charge in [-0.15, -0.1) is 0 Å². The zero-order chi connectivity index (χ0) is 16.3. The van der Waals surface area contributed by atoms with Crippen molar-refractivity contribution in [2.24, 2.45) is 0 Å². The van der Waals surface area contributed by atoms with Gasteiger partial charge in [-0.3, -0.25) is 0 Å². The van der Waals surface area contributed by atoms with Gasteiger partial charge in [0.2, 0.25) is 0 Å². The van der Waals surface area contributed by atoms with E-state index in [1.807, 2.05) is 30.3 Å². The zero-order valence-corrected chi connectivity index (χ0v) is 13.4. The molecule has 2 heterocycles. The molecule has 0 aliphatic heterocycles. The Kier molecular flexibility index (Phi) is 4.25. The number of fused-ring (bicyclic) bond motifs is 1. The Morgan fingerprint density at radius 3 is 2.52 bits per heavy atom. The van der Waals surface area contributed by atoms with Crippen molar-refractivity contribution in [3.8, 4) is 5.69 Å². The van der Waals surface area contributed by atoms with Crippen molar-refractivity contribution < 1.29 is 5.11 Å². The molecule has 2 aromatic heterocycles. The summed E-state index contributed by atoms with van der Waals surface area (Å²) in [6.07, 6.45) is 4.90. The van der Waals surface area contributed by atoms with Gasteiger partial charge >= 0.3 is 0 Å². The van der Waals surface area contributed by atoms with Crippen molar-refractivity contribution in [3.05, 3.63) is 42.9 Å². The zero-order valence-electron chi connectivity index (χ0n) is 13.4. The maximum atomic E-state index is 9.77. The number of aliphatic hydroxyl groups excluding tert-OH is 1. The van der Waals surface area contributed by atoms with Crippen molar-refractivity contribution in [3.63, 3.8) is 0 Å². The van der Waals surface area contributed by atoms with Crippen LogP contribution in [-0.4, -0.2) is 37.0 Å². The summed E-state index contributed by atoms with van der Waals surface area (Å²) in [4.78, 5) is 8.73. The fourth-order valence-electron chi connectivity index (χ4n) is 2.64. The predicted octanol–water partition coefficient (Wildman–Crippen LogP) is 2.78. The SMILES string of the molecule is CCC(CC)(CO)Nc1ncnc2c1cnn2-c1ccccc1. The summed E-state index contributed by atoms with van der Waals surface area (Å²) in [6.45, 7) is 4.16. The number of aromatic nitrogens is 4. The monoisotopic (exact) mass is 311 g/mol. The molecule has 6 heteroatoms. The fourth-order valence-corrected chi connectivity index (χ4v) is 2.64. The minimum absolute atomic E-state index is 0.0539. The van der Waals surface area contributed by atoms with Gasteiger partial charge in [0.25, 0.3) is 0 Å². The molecular formula is C17H21N5O. The number of para-hydroxylation sites is 1. The Morgan fingerprint density at radius 2 is 1.87 bits per heavy atom. The van der Waals surface area contributed by atoms with Crippen molar-refractivity contribution in [2.75, 3.05) is 11.9 Å². The molecule has 0 aliphatic rings. The van der Waals surface area contributed by atoms with Crippen LogP contribution in [0.15, 0.2) is 42.9 Å². The molecular weight excluding hydrogens is 290 g/mol. The summed E-state index contributed by atoms with van der Waals surface area (Å²) in [5, 5.41) is 18.5. The van der Waals surface area contributed by atoms with Gasteiger partial charge in [-0.05, 0) is 25.0 Å². The van der Waals surface area contributed by atoms with E-state index in [1.54, 1.807) is 10.9 Å². The minimum Gasteiger partial charge on any atom is -0.394 e. The fraction of sp³-hybridized carbons (Fsp3) is 0.353. The van der Waals surface area contributed by atoms with Crippen molar-refractivity contribution in [2.45, 2.75) is 32.2 Å². The smallest absolute Gasteiger partial charge is 0.168 e. The van der Waals surface area contributed by atoms with E-state index < -0.39 is 0 Å². The lowest BCUT2D eigenvalue weighted by atomic mass is 9.94. The van der Waals surface area contributed by atoms with Gasteiger partial charge in [0.15, 0.2) is 5.65 Å². The third kappa shape index (κ3) is 2.77. The second-order valence-electron chi connectivity index (χ2n) is 5.62. The lowest BCUT2D eigenvalue weighted by Gasteiger charge is -2.31. The molecule has 2 N–H and O–H groups in total. The summed E-state index contributed by atoms with van der Waals surface area (Å²) >= 11 is 0. The summed E-state index contributed by atoms with van der Waals surface area (Å²) < 4.78 is 1.79. The highest BCUT2D eigenvalue weighted by atomic mass is 16.3. The Hall–Kier alpha value is -2.47. The molecule has 0 amide bonds. The molecule has 0 saturated carbocycles. The maximum Gasteiger partial charge on any atom is 0.168 e. The molecule has 120 valence electrons. The van der Waals surface area contributed by atoms with Crippen LogP contribution in [0, 0.1) is 0 Å². The Labute approximate surface area is 135 Å². The van der Waals surface area contributed by atoms with Gasteiger partial charge in [-0.1, -0.05) is 32.0 Å². The molecule has 1 aromatic carbocycles. The molecule has 3 rings (SSSR count). The number of hydrogen-bond donors (Lipinski definition) is 2. The topological polar surface area (TPSA) is 75.9 Å². The van der Waals surface area contributed by atoms with Gasteiger partial charge in [0.1, 0.15) is 12.1 Å². The van der Waals surface area contributed by atoms with E-state index >= 15 is 0 Å². The van der Waals surface area contributed by atoms with Crippen molar-refractivity contribution in [1.82, 2.24) is 19.7 Å². The molecule has 0 radical (unpaired) electrons. The van der Waals surface area contributed by atoms with Gasteiger partial charge in [0.05, 0.1) is 29.4 Å². The number of aliphatic hydroxyl groups is 1. The molecule has 6 nitrogen and oxygen atoms in total. The van der Waals surface area contributed by atoms with Crippen molar-refractivity contribution in [1.29, 1.82) is 0 Å². The summed E-state index contributed by atoms with van der Waals surface area (Å²) in [7, 11) is 0. The molecule has 0 bridgehead atoms. The van der Waals surface area contributed by atoms with Gasteiger partial charge in [0, 0.05) is 0 Å². The van der Waals surface area contributed by atoms with Crippen LogP contribution in [0.5, 0.6) is 0 Å². The summed E-state index contributed by atoms with van der Waals surface area (Å²) in [5.74, 6) is 0.704. The largest absolute Gasteiger partial charge is 0.394 e. The first-order chi connectivity index (χ1) is 11.2. The molecule has 23 heavy (non-hydrogen) atoms. The summed E-state index contributed by atoms with van der Waals surface area (Å²) in [5.41, 5.74) is 1.31. The number of benzene rings is 1.